The first kappa shape index (κ1) is 22.4. The number of hydrogen-bond acceptors (Lipinski definition) is 2. The van der Waals surface area contributed by atoms with E-state index in [2.05, 4.69) is 80.5 Å². The van der Waals surface area contributed by atoms with Crippen molar-refractivity contribution in [1.82, 2.24) is 0 Å². The van der Waals surface area contributed by atoms with Gasteiger partial charge in [0.15, 0.2) is 0 Å². The van der Waals surface area contributed by atoms with Gasteiger partial charge in [-0.15, -0.1) is 0 Å². The Morgan fingerprint density at radius 2 is 1.76 bits per heavy atom. The number of rotatable bonds is 5. The second-order valence-electron chi connectivity index (χ2n) is 11.6. The van der Waals surface area contributed by atoms with Gasteiger partial charge in [0.1, 0.15) is 0 Å². The maximum Gasteiger partial charge on any atom is 0.0413 e. The van der Waals surface area contributed by atoms with Crippen molar-refractivity contribution in [3.63, 3.8) is 0 Å². The van der Waals surface area contributed by atoms with Gasteiger partial charge in [0, 0.05) is 17.2 Å². The van der Waals surface area contributed by atoms with Crippen molar-refractivity contribution < 1.29 is 0 Å². The summed E-state index contributed by atoms with van der Waals surface area (Å²) in [6, 6.07) is 6.79. The third-order valence-corrected chi connectivity index (χ3v) is 9.37. The van der Waals surface area contributed by atoms with Crippen LogP contribution in [0.25, 0.3) is 5.57 Å². The maximum absolute atomic E-state index is 7.11. The highest BCUT2D eigenvalue weighted by Crippen LogP contribution is 2.65. The molecule has 2 heteroatoms. The van der Waals surface area contributed by atoms with E-state index in [0.29, 0.717) is 5.92 Å². The molecule has 162 valence electrons. The summed E-state index contributed by atoms with van der Waals surface area (Å²) in [4.78, 5) is 0. The number of hydrogen-bond donors (Lipinski definition) is 2. The van der Waals surface area contributed by atoms with Crippen molar-refractivity contribution in [2.24, 2.45) is 33.6 Å². The minimum Gasteiger partial charge on any atom is -0.401 e. The van der Waals surface area contributed by atoms with Crippen LogP contribution in [-0.4, -0.2) is 0 Å². The second-order valence-corrected chi connectivity index (χ2v) is 11.6. The molecule has 2 aliphatic rings. The van der Waals surface area contributed by atoms with Crippen LogP contribution in [0.2, 0.25) is 0 Å². The molecule has 0 amide bonds. The van der Waals surface area contributed by atoms with Crippen LogP contribution in [0.5, 0.6) is 0 Å². The SMILES string of the molecule is CCCC(C)C1(C)C(N)=C2c3c(cccc3C(C)(C(C)(C)CC)CC2(C)C)C1N. The van der Waals surface area contributed by atoms with Crippen LogP contribution >= 0.6 is 0 Å². The largest absolute Gasteiger partial charge is 0.401 e. The molecule has 4 atom stereocenters. The van der Waals surface area contributed by atoms with Gasteiger partial charge in [-0.1, -0.05) is 99.8 Å². The molecule has 0 aromatic heterocycles. The predicted octanol–water partition coefficient (Wildman–Crippen LogP) is 6.94. The Morgan fingerprint density at radius 3 is 2.31 bits per heavy atom. The average molecular weight is 397 g/mol. The van der Waals surface area contributed by atoms with Crippen LogP contribution in [0.3, 0.4) is 0 Å². The average Bonchev–Trinajstić information content (AvgIpc) is 2.64. The summed E-state index contributed by atoms with van der Waals surface area (Å²) in [6.45, 7) is 21.4. The smallest absolute Gasteiger partial charge is 0.0413 e. The van der Waals surface area contributed by atoms with Gasteiger partial charge >= 0.3 is 0 Å². The molecule has 0 aliphatic heterocycles. The summed E-state index contributed by atoms with van der Waals surface area (Å²) in [5.74, 6) is 0.447. The van der Waals surface area contributed by atoms with Crippen molar-refractivity contribution in [3.8, 4) is 0 Å². The lowest BCUT2D eigenvalue weighted by molar-refractivity contribution is 0.113. The number of allylic oxidation sites excluding steroid dienone is 1. The summed E-state index contributed by atoms with van der Waals surface area (Å²) in [7, 11) is 0. The molecule has 4 unspecified atom stereocenters. The summed E-state index contributed by atoms with van der Waals surface area (Å²) in [5, 5.41) is 0. The zero-order chi connectivity index (χ0) is 22.0. The Labute approximate surface area is 179 Å². The topological polar surface area (TPSA) is 52.0 Å². The second kappa shape index (κ2) is 6.87. The van der Waals surface area contributed by atoms with Gasteiger partial charge in [0.2, 0.25) is 0 Å². The summed E-state index contributed by atoms with van der Waals surface area (Å²) in [6.07, 6.45) is 4.56. The van der Waals surface area contributed by atoms with Gasteiger partial charge in [-0.25, -0.2) is 0 Å². The van der Waals surface area contributed by atoms with E-state index >= 15 is 0 Å². The van der Waals surface area contributed by atoms with Crippen LogP contribution in [0.1, 0.15) is 111 Å². The molecule has 4 N–H and O–H groups in total. The molecule has 0 fully saturated rings. The van der Waals surface area contributed by atoms with Gasteiger partial charge in [0.05, 0.1) is 0 Å². The number of nitrogens with two attached hydrogens (primary N) is 2. The van der Waals surface area contributed by atoms with Crippen LogP contribution in [0.4, 0.5) is 0 Å². The van der Waals surface area contributed by atoms with Crippen molar-refractivity contribution in [3.05, 3.63) is 40.6 Å². The third-order valence-electron chi connectivity index (χ3n) is 9.37. The Hall–Kier alpha value is -1.28. The fourth-order valence-corrected chi connectivity index (χ4v) is 6.53. The van der Waals surface area contributed by atoms with E-state index in [-0.39, 0.29) is 27.7 Å². The van der Waals surface area contributed by atoms with Crippen molar-refractivity contribution in [1.29, 1.82) is 0 Å². The van der Waals surface area contributed by atoms with E-state index in [4.69, 9.17) is 11.5 Å². The standard InChI is InChI=1S/C27H44N2/c1-10-13-17(3)27(9)22(28)18-14-12-15-19-20(18)21(23(27)29)24(4,5)16-26(19,8)25(6,7)11-2/h12,14-15,17,22H,10-11,13,16,28-29H2,1-9H3. The molecule has 0 heterocycles. The van der Waals surface area contributed by atoms with Gasteiger partial charge in [-0.2, -0.15) is 0 Å². The molecule has 0 saturated heterocycles. The molecule has 0 bridgehead atoms. The molecule has 0 saturated carbocycles. The van der Waals surface area contributed by atoms with E-state index in [1.54, 1.807) is 0 Å². The lowest BCUT2D eigenvalue weighted by Crippen LogP contribution is -2.52. The highest BCUT2D eigenvalue weighted by atomic mass is 14.8. The Bertz CT molecular complexity index is 831. The zero-order valence-corrected chi connectivity index (χ0v) is 20.4. The summed E-state index contributed by atoms with van der Waals surface area (Å²) < 4.78 is 0. The maximum atomic E-state index is 7.11. The lowest BCUT2D eigenvalue weighted by Gasteiger charge is -2.58. The molecule has 2 aliphatic carbocycles. The Kier molecular flexibility index (Phi) is 5.31. The monoisotopic (exact) mass is 396 g/mol. The first-order chi connectivity index (χ1) is 13.3. The molecular weight excluding hydrogens is 352 g/mol. The normalized spacial score (nSPS) is 32.1. The molecule has 0 radical (unpaired) electrons. The number of benzene rings is 1. The quantitative estimate of drug-likeness (QED) is 0.566. The van der Waals surface area contributed by atoms with Gasteiger partial charge in [-0.3, -0.25) is 0 Å². The molecular formula is C27H44N2. The van der Waals surface area contributed by atoms with Gasteiger partial charge < -0.3 is 11.5 Å². The fraction of sp³-hybridized carbons (Fsp3) is 0.704. The highest BCUT2D eigenvalue weighted by molar-refractivity contribution is 5.83. The zero-order valence-electron chi connectivity index (χ0n) is 20.4. The van der Waals surface area contributed by atoms with Gasteiger partial charge in [0.25, 0.3) is 0 Å². The lowest BCUT2D eigenvalue weighted by atomic mass is 9.47. The van der Waals surface area contributed by atoms with Crippen molar-refractivity contribution in [2.45, 2.75) is 99.5 Å². The fourth-order valence-electron chi connectivity index (χ4n) is 6.53. The van der Waals surface area contributed by atoms with Crippen molar-refractivity contribution in [2.75, 3.05) is 0 Å². The van der Waals surface area contributed by atoms with E-state index < -0.39 is 0 Å². The minimum atomic E-state index is -0.206. The Balaban J connectivity index is 2.39. The minimum absolute atomic E-state index is 0.0156. The van der Waals surface area contributed by atoms with Gasteiger partial charge in [-0.05, 0) is 50.8 Å². The van der Waals surface area contributed by atoms with Crippen molar-refractivity contribution >= 4 is 5.57 Å². The van der Waals surface area contributed by atoms with Crippen LogP contribution in [0.15, 0.2) is 23.9 Å². The molecule has 29 heavy (non-hydrogen) atoms. The van der Waals surface area contributed by atoms with Crippen LogP contribution < -0.4 is 11.5 Å². The molecule has 3 rings (SSSR count). The highest BCUT2D eigenvalue weighted by Gasteiger charge is 2.56. The van der Waals surface area contributed by atoms with E-state index in [1.807, 2.05) is 0 Å². The first-order valence-electron chi connectivity index (χ1n) is 11.7. The predicted molar refractivity (Wildman–Crippen MR) is 126 cm³/mol. The Morgan fingerprint density at radius 1 is 1.14 bits per heavy atom. The molecule has 1 aromatic rings. The molecule has 2 nitrogen and oxygen atoms in total. The molecule has 0 spiro atoms. The summed E-state index contributed by atoms with van der Waals surface area (Å²) >= 11 is 0. The van der Waals surface area contributed by atoms with Crippen LogP contribution in [0, 0.1) is 22.2 Å². The van der Waals surface area contributed by atoms with E-state index in [9.17, 15) is 0 Å². The van der Waals surface area contributed by atoms with E-state index in [1.165, 1.54) is 22.3 Å². The molecule has 1 aromatic carbocycles. The summed E-state index contributed by atoms with van der Waals surface area (Å²) in [5.41, 5.74) is 20.8. The van der Waals surface area contributed by atoms with Crippen LogP contribution in [-0.2, 0) is 5.41 Å². The first-order valence-corrected chi connectivity index (χ1v) is 11.7. The third kappa shape index (κ3) is 2.85. The van der Waals surface area contributed by atoms with E-state index in [0.717, 1.165) is 31.4 Å².